The molecule has 0 aliphatic rings. The number of hydrogen-bond donors (Lipinski definition) is 2. The number of nitrogens with zero attached hydrogens (tertiary/aromatic N) is 2. The van der Waals surface area contributed by atoms with Crippen LogP contribution in [-0.2, 0) is 0 Å². The molecule has 3 aromatic carbocycles. The minimum absolute atomic E-state index is 0.194. The normalized spacial score (nSPS) is 10.6. The first-order chi connectivity index (χ1) is 14.4. The van der Waals surface area contributed by atoms with Crippen molar-refractivity contribution in [1.82, 2.24) is 5.43 Å². The zero-order chi connectivity index (χ0) is 21.5. The van der Waals surface area contributed by atoms with E-state index in [1.54, 1.807) is 36.5 Å². The van der Waals surface area contributed by atoms with E-state index < -0.39 is 0 Å². The number of amides is 2. The summed E-state index contributed by atoms with van der Waals surface area (Å²) in [5.74, 6) is -0.520. The van der Waals surface area contributed by atoms with Crippen LogP contribution in [0, 0.1) is 6.92 Å². The molecule has 0 radical (unpaired) electrons. The van der Waals surface area contributed by atoms with Crippen molar-refractivity contribution in [2.45, 2.75) is 6.92 Å². The van der Waals surface area contributed by atoms with Crippen LogP contribution in [0.25, 0.3) is 0 Å². The van der Waals surface area contributed by atoms with E-state index >= 15 is 0 Å². The van der Waals surface area contributed by atoms with Gasteiger partial charge in [-0.2, -0.15) is 5.10 Å². The van der Waals surface area contributed by atoms with E-state index in [1.165, 1.54) is 0 Å². The fraction of sp³-hybridized carbons (Fsp3) is 0.125. The number of benzene rings is 3. The molecule has 0 fully saturated rings. The Hall–Kier alpha value is -3.93. The van der Waals surface area contributed by atoms with Crippen LogP contribution in [0.5, 0.6) is 0 Å². The lowest BCUT2D eigenvalue weighted by molar-refractivity contribution is 0.0954. The van der Waals surface area contributed by atoms with Crippen LogP contribution in [0.4, 0.5) is 11.4 Å². The van der Waals surface area contributed by atoms with Crippen LogP contribution in [0.15, 0.2) is 77.9 Å². The Kier molecular flexibility index (Phi) is 6.60. The first kappa shape index (κ1) is 20.8. The van der Waals surface area contributed by atoms with Crippen molar-refractivity contribution >= 4 is 29.4 Å². The minimum Gasteiger partial charge on any atom is -0.378 e. The number of rotatable bonds is 6. The molecule has 6 nitrogen and oxygen atoms in total. The number of carbonyl (C=O) groups is 2. The van der Waals surface area contributed by atoms with Crippen molar-refractivity contribution in [1.29, 1.82) is 0 Å². The third-order valence-corrected chi connectivity index (χ3v) is 4.47. The van der Waals surface area contributed by atoms with Crippen molar-refractivity contribution in [3.63, 3.8) is 0 Å². The Balaban J connectivity index is 1.56. The summed E-state index contributed by atoms with van der Waals surface area (Å²) in [6.45, 7) is 1.94. The molecule has 3 rings (SSSR count). The summed E-state index contributed by atoms with van der Waals surface area (Å²) in [4.78, 5) is 26.6. The number of hydrogen-bond acceptors (Lipinski definition) is 4. The second-order valence-corrected chi connectivity index (χ2v) is 7.09. The van der Waals surface area contributed by atoms with E-state index in [0.29, 0.717) is 16.8 Å². The van der Waals surface area contributed by atoms with Gasteiger partial charge in [0.15, 0.2) is 0 Å². The van der Waals surface area contributed by atoms with Crippen LogP contribution >= 0.6 is 0 Å². The smallest absolute Gasteiger partial charge is 0.271 e. The van der Waals surface area contributed by atoms with Crippen molar-refractivity contribution in [2.24, 2.45) is 5.10 Å². The van der Waals surface area contributed by atoms with Gasteiger partial charge in [0.05, 0.1) is 6.21 Å². The highest BCUT2D eigenvalue weighted by Crippen LogP contribution is 2.13. The first-order valence-corrected chi connectivity index (χ1v) is 9.51. The van der Waals surface area contributed by atoms with Gasteiger partial charge in [-0.25, -0.2) is 5.43 Å². The molecule has 152 valence electrons. The molecule has 0 saturated carbocycles. The molecule has 0 spiro atoms. The first-order valence-electron chi connectivity index (χ1n) is 9.51. The van der Waals surface area contributed by atoms with Crippen molar-refractivity contribution in [3.05, 3.63) is 95.1 Å². The predicted octanol–water partition coefficient (Wildman–Crippen LogP) is 4.08. The molecular weight excluding hydrogens is 376 g/mol. The number of anilines is 2. The van der Waals surface area contributed by atoms with Gasteiger partial charge in [0.2, 0.25) is 0 Å². The maximum absolute atomic E-state index is 12.3. The van der Waals surface area contributed by atoms with Gasteiger partial charge in [-0.15, -0.1) is 0 Å². The Labute approximate surface area is 176 Å². The highest BCUT2D eigenvalue weighted by molar-refractivity contribution is 6.04. The molecule has 0 heterocycles. The average molecular weight is 400 g/mol. The lowest BCUT2D eigenvalue weighted by atomic mass is 10.1. The maximum atomic E-state index is 12.3. The van der Waals surface area contributed by atoms with E-state index in [4.69, 9.17) is 0 Å². The van der Waals surface area contributed by atoms with Gasteiger partial charge in [-0.1, -0.05) is 29.8 Å². The standard InChI is InChI=1S/C24H24N4O2/c1-17-5-4-6-20(15-17)23(29)26-21-11-9-19(10-12-21)24(30)27-25-16-18-7-13-22(14-8-18)28(2)3/h4-16H,1-3H3,(H,26,29)(H,27,30). The lowest BCUT2D eigenvalue weighted by Crippen LogP contribution is -2.18. The molecular formula is C24H24N4O2. The number of aryl methyl sites for hydroxylation is 1. The number of nitrogens with one attached hydrogen (secondary N) is 2. The molecule has 0 aromatic heterocycles. The Bertz CT molecular complexity index is 1060. The quantitative estimate of drug-likeness (QED) is 0.484. The zero-order valence-corrected chi connectivity index (χ0v) is 17.2. The minimum atomic E-state index is -0.326. The molecule has 0 bridgehead atoms. The zero-order valence-electron chi connectivity index (χ0n) is 17.2. The van der Waals surface area contributed by atoms with Gasteiger partial charge < -0.3 is 10.2 Å². The Morgan fingerprint density at radius 2 is 1.57 bits per heavy atom. The monoisotopic (exact) mass is 400 g/mol. The summed E-state index contributed by atoms with van der Waals surface area (Å²) in [6, 6.07) is 21.8. The van der Waals surface area contributed by atoms with Gasteiger partial charge >= 0.3 is 0 Å². The molecule has 2 amide bonds. The molecule has 0 saturated heterocycles. The largest absolute Gasteiger partial charge is 0.378 e. The number of hydrazone groups is 1. The highest BCUT2D eigenvalue weighted by Gasteiger charge is 2.08. The second kappa shape index (κ2) is 9.52. The van der Waals surface area contributed by atoms with Gasteiger partial charge in [-0.05, 0) is 61.0 Å². The van der Waals surface area contributed by atoms with E-state index in [2.05, 4.69) is 15.8 Å². The van der Waals surface area contributed by atoms with E-state index in [0.717, 1.165) is 16.8 Å². The third-order valence-electron chi connectivity index (χ3n) is 4.47. The SMILES string of the molecule is Cc1cccc(C(=O)Nc2ccc(C(=O)NN=Cc3ccc(N(C)C)cc3)cc2)c1. The van der Waals surface area contributed by atoms with Crippen LogP contribution in [0.3, 0.4) is 0 Å². The third kappa shape index (κ3) is 5.54. The Morgan fingerprint density at radius 1 is 0.867 bits per heavy atom. The van der Waals surface area contributed by atoms with Crippen LogP contribution < -0.4 is 15.6 Å². The van der Waals surface area contributed by atoms with Gasteiger partial charge in [0.1, 0.15) is 0 Å². The molecule has 0 atom stereocenters. The number of carbonyl (C=O) groups excluding carboxylic acids is 2. The highest BCUT2D eigenvalue weighted by atomic mass is 16.2. The predicted molar refractivity (Wildman–Crippen MR) is 121 cm³/mol. The molecule has 2 N–H and O–H groups in total. The van der Waals surface area contributed by atoms with E-state index in [9.17, 15) is 9.59 Å². The maximum Gasteiger partial charge on any atom is 0.271 e. The molecule has 30 heavy (non-hydrogen) atoms. The van der Waals surface area contributed by atoms with E-state index in [-0.39, 0.29) is 11.8 Å². The lowest BCUT2D eigenvalue weighted by Gasteiger charge is -2.11. The van der Waals surface area contributed by atoms with Crippen LogP contribution in [0.2, 0.25) is 0 Å². The van der Waals surface area contributed by atoms with Crippen LogP contribution in [-0.4, -0.2) is 32.1 Å². The van der Waals surface area contributed by atoms with Crippen molar-refractivity contribution < 1.29 is 9.59 Å². The van der Waals surface area contributed by atoms with Crippen molar-refractivity contribution in [2.75, 3.05) is 24.3 Å². The average Bonchev–Trinajstić information content (AvgIpc) is 2.74. The molecule has 0 aliphatic heterocycles. The molecule has 3 aromatic rings. The summed E-state index contributed by atoms with van der Waals surface area (Å²) in [5, 5.41) is 6.83. The van der Waals surface area contributed by atoms with E-state index in [1.807, 2.05) is 68.4 Å². The van der Waals surface area contributed by atoms with Gasteiger partial charge in [0, 0.05) is 36.6 Å². The summed E-state index contributed by atoms with van der Waals surface area (Å²) in [6.07, 6.45) is 1.59. The van der Waals surface area contributed by atoms with Gasteiger partial charge in [-0.3, -0.25) is 9.59 Å². The fourth-order valence-electron chi connectivity index (χ4n) is 2.78. The van der Waals surface area contributed by atoms with Gasteiger partial charge in [0.25, 0.3) is 11.8 Å². The molecule has 6 heteroatoms. The summed E-state index contributed by atoms with van der Waals surface area (Å²) in [7, 11) is 3.95. The summed E-state index contributed by atoms with van der Waals surface area (Å²) < 4.78 is 0. The Morgan fingerprint density at radius 3 is 2.20 bits per heavy atom. The topological polar surface area (TPSA) is 73.8 Å². The second-order valence-electron chi connectivity index (χ2n) is 7.09. The molecule has 0 unspecified atom stereocenters. The fourth-order valence-corrected chi connectivity index (χ4v) is 2.78. The summed E-state index contributed by atoms with van der Waals surface area (Å²) in [5.41, 5.74) is 7.15. The molecule has 0 aliphatic carbocycles. The van der Waals surface area contributed by atoms with Crippen LogP contribution in [0.1, 0.15) is 31.8 Å². The van der Waals surface area contributed by atoms with Crippen molar-refractivity contribution in [3.8, 4) is 0 Å². The summed E-state index contributed by atoms with van der Waals surface area (Å²) >= 11 is 0.